The summed E-state index contributed by atoms with van der Waals surface area (Å²) in [5.41, 5.74) is -1.62. The number of rotatable bonds is 10. The van der Waals surface area contributed by atoms with Gasteiger partial charge in [-0.3, -0.25) is 14.3 Å². The van der Waals surface area contributed by atoms with Crippen LogP contribution in [-0.4, -0.2) is 57.5 Å². The second kappa shape index (κ2) is 13.7. The highest BCUT2D eigenvalue weighted by Crippen LogP contribution is 2.23. The van der Waals surface area contributed by atoms with Gasteiger partial charge in [0.05, 0.1) is 18.5 Å². The van der Waals surface area contributed by atoms with Crippen molar-refractivity contribution in [2.45, 2.75) is 17.5 Å². The number of anilines is 1. The van der Waals surface area contributed by atoms with Gasteiger partial charge in [-0.25, -0.2) is 37.9 Å². The van der Waals surface area contributed by atoms with Crippen LogP contribution >= 0.6 is 0 Å². The number of hydrogen-bond acceptors (Lipinski definition) is 10. The Morgan fingerprint density at radius 2 is 1.62 bits per heavy atom. The van der Waals surface area contributed by atoms with Crippen LogP contribution in [0.2, 0.25) is 0 Å². The van der Waals surface area contributed by atoms with Gasteiger partial charge in [0.2, 0.25) is 0 Å². The molecule has 2 aromatic carbocycles. The molecule has 3 heterocycles. The van der Waals surface area contributed by atoms with Crippen molar-refractivity contribution in [1.82, 2.24) is 29.4 Å². The fraction of sp³-hybridized carbons (Fsp3) is 0.129. The van der Waals surface area contributed by atoms with Crippen molar-refractivity contribution < 1.29 is 31.5 Å². The van der Waals surface area contributed by atoms with Crippen molar-refractivity contribution in [3.05, 3.63) is 129 Å². The molecule has 0 spiro atoms. The zero-order valence-electron chi connectivity index (χ0n) is 25.1. The molecule has 0 unspecified atom stereocenters. The normalized spacial score (nSPS) is 11.8. The van der Waals surface area contributed by atoms with Crippen LogP contribution in [0.1, 0.15) is 15.9 Å². The molecule has 1 atom stereocenters. The molecule has 0 radical (unpaired) electrons. The van der Waals surface area contributed by atoms with Crippen molar-refractivity contribution in [2.75, 3.05) is 11.8 Å². The number of nitrogens with zero attached hydrogens (tertiary/aromatic N) is 5. The van der Waals surface area contributed by atoms with E-state index in [2.05, 4.69) is 20.3 Å². The van der Waals surface area contributed by atoms with E-state index in [1.807, 2.05) is 4.72 Å². The number of methoxy groups -OCH3 is 1. The Morgan fingerprint density at radius 1 is 0.958 bits per heavy atom. The van der Waals surface area contributed by atoms with Gasteiger partial charge in [0, 0.05) is 49.9 Å². The van der Waals surface area contributed by atoms with E-state index in [9.17, 15) is 27.6 Å². The minimum atomic E-state index is -4.41. The number of sulfonamides is 1. The van der Waals surface area contributed by atoms with Crippen LogP contribution in [0.4, 0.5) is 14.5 Å². The number of aryl methyl sites for hydroxylation is 1. The predicted molar refractivity (Wildman–Crippen MR) is 167 cm³/mol. The molecule has 0 fully saturated rings. The molecule has 0 aliphatic heterocycles. The van der Waals surface area contributed by atoms with Crippen LogP contribution in [0.3, 0.4) is 0 Å². The average Bonchev–Trinajstić information content (AvgIpc) is 3.06. The highest BCUT2D eigenvalue weighted by atomic mass is 32.2. The van der Waals surface area contributed by atoms with Crippen LogP contribution < -0.4 is 21.3 Å². The molecule has 3 aromatic heterocycles. The second-order valence-electron chi connectivity index (χ2n) is 10.2. The third kappa shape index (κ3) is 7.15. The molecule has 48 heavy (non-hydrogen) atoms. The number of carbonyl (C=O) groups excluding carboxylic acids is 2. The molecule has 14 nitrogen and oxygen atoms in total. The third-order valence-electron chi connectivity index (χ3n) is 6.94. The zero-order chi connectivity index (χ0) is 34.6. The number of nitrogens with one attached hydrogen (secondary N) is 2. The lowest BCUT2D eigenvalue weighted by atomic mass is 10.0. The smallest absolute Gasteiger partial charge is 0.335 e. The molecular formula is C31H25F2N7O7S. The Bertz CT molecular complexity index is 2200. The summed E-state index contributed by atoms with van der Waals surface area (Å²) in [5.74, 6) is -4.77. The maximum atomic E-state index is 15.1. The van der Waals surface area contributed by atoms with E-state index in [4.69, 9.17) is 4.74 Å². The Kier molecular flexibility index (Phi) is 9.51. The van der Waals surface area contributed by atoms with E-state index in [-0.39, 0.29) is 12.1 Å². The second-order valence-corrected chi connectivity index (χ2v) is 11.8. The highest BCUT2D eigenvalue weighted by molar-refractivity contribution is 7.92. The first kappa shape index (κ1) is 33.3. The van der Waals surface area contributed by atoms with Crippen LogP contribution in [0, 0.1) is 11.6 Å². The molecule has 1 amide bonds. The van der Waals surface area contributed by atoms with E-state index in [1.165, 1.54) is 72.8 Å². The Morgan fingerprint density at radius 3 is 2.23 bits per heavy atom. The molecule has 5 aromatic rings. The molecule has 0 saturated carbocycles. The van der Waals surface area contributed by atoms with Crippen molar-refractivity contribution >= 4 is 27.6 Å². The lowest BCUT2D eigenvalue weighted by Gasteiger charge is -2.18. The van der Waals surface area contributed by atoms with Crippen molar-refractivity contribution in [1.29, 1.82) is 0 Å². The summed E-state index contributed by atoms with van der Waals surface area (Å²) in [7, 11) is -1.87. The maximum Gasteiger partial charge on any atom is 0.335 e. The van der Waals surface area contributed by atoms with Gasteiger partial charge < -0.3 is 14.6 Å². The summed E-state index contributed by atoms with van der Waals surface area (Å²) in [6.45, 7) is 0. The first-order chi connectivity index (χ1) is 22.9. The van der Waals surface area contributed by atoms with E-state index >= 15 is 8.78 Å². The SMILES string of the molecule is COC(=O)[C@H](Cc1ccc(-n2c(=O)ccn(C)c2=O)cc1)NC(=O)c1c(F)cc(NS(=O)(=O)c2ccc(-c3ncccn3)cn2)cc1F. The van der Waals surface area contributed by atoms with E-state index in [1.54, 1.807) is 6.07 Å². The van der Waals surface area contributed by atoms with E-state index < -0.39 is 67.1 Å². The number of ether oxygens (including phenoxy) is 1. The van der Waals surface area contributed by atoms with E-state index in [0.717, 1.165) is 17.7 Å². The minimum absolute atomic E-state index is 0.191. The third-order valence-corrected chi connectivity index (χ3v) is 8.23. The first-order valence-corrected chi connectivity index (χ1v) is 15.4. The van der Waals surface area contributed by atoms with Crippen LogP contribution in [0.15, 0.2) is 100 Å². The number of amides is 1. The number of pyridine rings is 1. The summed E-state index contributed by atoms with van der Waals surface area (Å²) >= 11 is 0. The summed E-state index contributed by atoms with van der Waals surface area (Å²) in [6, 6.07) is 11.1. The highest BCUT2D eigenvalue weighted by Gasteiger charge is 2.27. The largest absolute Gasteiger partial charge is 0.467 e. The van der Waals surface area contributed by atoms with Crippen LogP contribution in [0.25, 0.3) is 17.1 Å². The predicted octanol–water partition coefficient (Wildman–Crippen LogP) is 1.98. The fourth-order valence-corrected chi connectivity index (χ4v) is 5.53. The summed E-state index contributed by atoms with van der Waals surface area (Å²) < 4.78 is 64.8. The standard InChI is InChI=1S/C31H25F2N7O7S/c1-39-13-10-26(41)40(31(39)44)21-7-4-18(5-8-21)14-24(30(43)47-2)37-29(42)27-22(32)15-20(16-23(27)33)38-48(45,46)25-9-6-19(17-36-25)28-34-11-3-12-35-28/h3-13,15-17,24,38H,14H2,1-2H3,(H,37,42)/t24-/m0/s1. The van der Waals surface area contributed by atoms with Gasteiger partial charge in [-0.2, -0.15) is 8.42 Å². The molecule has 17 heteroatoms. The topological polar surface area (TPSA) is 184 Å². The molecule has 0 bridgehead atoms. The maximum absolute atomic E-state index is 15.1. The number of aromatic nitrogens is 5. The van der Waals surface area contributed by atoms with Crippen molar-refractivity contribution in [2.24, 2.45) is 7.05 Å². The molecular weight excluding hydrogens is 652 g/mol. The number of esters is 1. The van der Waals surface area contributed by atoms with Gasteiger partial charge in [-0.05, 0) is 48.0 Å². The molecule has 0 aliphatic carbocycles. The van der Waals surface area contributed by atoms with Gasteiger partial charge in [0.1, 0.15) is 23.2 Å². The Hall–Kier alpha value is -6.10. The Balaban J connectivity index is 1.31. The molecule has 5 rings (SSSR count). The average molecular weight is 678 g/mol. The number of carbonyl (C=O) groups is 2. The van der Waals surface area contributed by atoms with E-state index in [0.29, 0.717) is 29.1 Å². The van der Waals surface area contributed by atoms with Gasteiger partial charge in [0.15, 0.2) is 10.9 Å². The van der Waals surface area contributed by atoms with Crippen LogP contribution in [-0.2, 0) is 33.0 Å². The zero-order valence-corrected chi connectivity index (χ0v) is 25.9. The minimum Gasteiger partial charge on any atom is -0.467 e. The summed E-state index contributed by atoms with van der Waals surface area (Å²) in [6.07, 6.45) is 5.36. The molecule has 246 valence electrons. The molecule has 0 aliphatic rings. The lowest BCUT2D eigenvalue weighted by molar-refractivity contribution is -0.142. The van der Waals surface area contributed by atoms with Gasteiger partial charge in [-0.1, -0.05) is 12.1 Å². The van der Waals surface area contributed by atoms with Crippen molar-refractivity contribution in [3.8, 4) is 17.1 Å². The van der Waals surface area contributed by atoms with Gasteiger partial charge in [0.25, 0.3) is 21.5 Å². The fourth-order valence-electron chi connectivity index (χ4n) is 4.56. The number of halogens is 2. The first-order valence-electron chi connectivity index (χ1n) is 13.9. The monoisotopic (exact) mass is 677 g/mol. The molecule has 0 saturated heterocycles. The lowest BCUT2D eigenvalue weighted by Crippen LogP contribution is -2.43. The quantitative estimate of drug-likeness (QED) is 0.207. The number of hydrogen-bond donors (Lipinski definition) is 2. The van der Waals surface area contributed by atoms with Crippen LogP contribution in [0.5, 0.6) is 0 Å². The summed E-state index contributed by atoms with van der Waals surface area (Å²) in [5, 5.41) is 1.78. The van der Waals surface area contributed by atoms with Gasteiger partial charge >= 0.3 is 11.7 Å². The summed E-state index contributed by atoms with van der Waals surface area (Å²) in [4.78, 5) is 62.1. The van der Waals surface area contributed by atoms with Gasteiger partial charge in [-0.15, -0.1) is 0 Å². The Labute approximate surface area is 270 Å². The van der Waals surface area contributed by atoms with Crippen molar-refractivity contribution in [3.63, 3.8) is 0 Å². The number of benzene rings is 2. The molecule has 2 N–H and O–H groups in total.